The number of hydrogen-bond donors (Lipinski definition) is 1. The van der Waals surface area contributed by atoms with Crippen molar-refractivity contribution in [1.82, 2.24) is 5.32 Å². The molecule has 0 aromatic carbocycles. The van der Waals surface area contributed by atoms with Crippen molar-refractivity contribution in [2.45, 2.75) is 13.3 Å². The Morgan fingerprint density at radius 1 is 2.00 bits per heavy atom. The third-order valence-corrected chi connectivity index (χ3v) is 1.18. The Balaban J connectivity index is 1.95. The highest BCUT2D eigenvalue weighted by atomic mass is 16.1. The SMILES string of the molecule is CC(=O)NCC1[CH]C1. The van der Waals surface area contributed by atoms with Crippen LogP contribution in [0.25, 0.3) is 0 Å². The molecule has 1 aliphatic carbocycles. The minimum absolute atomic E-state index is 0.0744. The summed E-state index contributed by atoms with van der Waals surface area (Å²) in [4.78, 5) is 10.3. The molecule has 1 radical (unpaired) electrons. The van der Waals surface area contributed by atoms with E-state index in [1.165, 1.54) is 6.42 Å². The summed E-state index contributed by atoms with van der Waals surface area (Å²) < 4.78 is 0. The van der Waals surface area contributed by atoms with Gasteiger partial charge in [-0.25, -0.2) is 0 Å². The molecule has 0 spiro atoms. The van der Waals surface area contributed by atoms with Crippen LogP contribution in [-0.2, 0) is 4.79 Å². The summed E-state index contributed by atoms with van der Waals surface area (Å²) in [5.74, 6) is 0.754. The van der Waals surface area contributed by atoms with E-state index in [1.807, 2.05) is 0 Å². The number of rotatable bonds is 2. The predicted octanol–water partition coefficient (Wildman–Crippen LogP) is 0.347. The van der Waals surface area contributed by atoms with Crippen molar-refractivity contribution < 1.29 is 4.79 Å². The first kappa shape index (κ1) is 5.60. The third kappa shape index (κ3) is 1.96. The molecule has 0 bridgehead atoms. The molecule has 2 heteroatoms. The van der Waals surface area contributed by atoms with Gasteiger partial charge in [0, 0.05) is 13.5 Å². The van der Waals surface area contributed by atoms with Crippen LogP contribution in [0.1, 0.15) is 13.3 Å². The second-order valence-corrected chi connectivity index (χ2v) is 2.17. The van der Waals surface area contributed by atoms with E-state index in [-0.39, 0.29) is 5.91 Å². The van der Waals surface area contributed by atoms with E-state index < -0.39 is 0 Å². The van der Waals surface area contributed by atoms with Gasteiger partial charge in [-0.05, 0) is 18.8 Å². The number of nitrogens with one attached hydrogen (secondary N) is 1. The summed E-state index contributed by atoms with van der Waals surface area (Å²) >= 11 is 0. The molecule has 1 saturated carbocycles. The Labute approximate surface area is 49.3 Å². The third-order valence-electron chi connectivity index (χ3n) is 1.18. The van der Waals surface area contributed by atoms with Crippen molar-refractivity contribution in [3.05, 3.63) is 6.42 Å². The van der Waals surface area contributed by atoms with Crippen LogP contribution in [0.2, 0.25) is 0 Å². The molecule has 0 aromatic heterocycles. The van der Waals surface area contributed by atoms with Gasteiger partial charge in [0.05, 0.1) is 0 Å². The standard InChI is InChI=1S/C6H10NO/c1-5(8)7-4-6-2-3-6/h2,6H,3-4H2,1H3,(H,7,8). The first-order valence-corrected chi connectivity index (χ1v) is 2.87. The van der Waals surface area contributed by atoms with Crippen molar-refractivity contribution in [1.29, 1.82) is 0 Å². The van der Waals surface area contributed by atoms with Crippen LogP contribution >= 0.6 is 0 Å². The molecule has 0 aliphatic heterocycles. The zero-order valence-electron chi connectivity index (χ0n) is 4.98. The van der Waals surface area contributed by atoms with Gasteiger partial charge in [-0.15, -0.1) is 0 Å². The molecule has 2 nitrogen and oxygen atoms in total. The Kier molecular flexibility index (Phi) is 1.51. The van der Waals surface area contributed by atoms with E-state index in [1.54, 1.807) is 6.92 Å². The number of carbonyl (C=O) groups excluding carboxylic acids is 1. The highest BCUT2D eigenvalue weighted by molar-refractivity contribution is 5.72. The van der Waals surface area contributed by atoms with Gasteiger partial charge < -0.3 is 5.32 Å². The molecule has 1 fully saturated rings. The topological polar surface area (TPSA) is 29.1 Å². The Morgan fingerprint density at radius 2 is 2.62 bits per heavy atom. The van der Waals surface area contributed by atoms with Crippen molar-refractivity contribution >= 4 is 5.91 Å². The molecule has 1 amide bonds. The van der Waals surface area contributed by atoms with Gasteiger partial charge in [-0.1, -0.05) is 0 Å². The quantitative estimate of drug-likeness (QED) is 0.548. The van der Waals surface area contributed by atoms with E-state index in [4.69, 9.17) is 0 Å². The van der Waals surface area contributed by atoms with Crippen LogP contribution < -0.4 is 5.32 Å². The average Bonchev–Trinajstić information content (AvgIpc) is 2.41. The number of amides is 1. The van der Waals surface area contributed by atoms with Gasteiger partial charge in [0.2, 0.25) is 5.91 Å². The maximum Gasteiger partial charge on any atom is 0.216 e. The fourth-order valence-electron chi connectivity index (χ4n) is 0.538. The van der Waals surface area contributed by atoms with Crippen molar-refractivity contribution in [2.24, 2.45) is 5.92 Å². The molecule has 0 saturated heterocycles. The monoisotopic (exact) mass is 112 g/mol. The van der Waals surface area contributed by atoms with Crippen LogP contribution in [0.4, 0.5) is 0 Å². The molecule has 1 unspecified atom stereocenters. The Morgan fingerprint density at radius 3 is 3.00 bits per heavy atom. The molecule has 0 heterocycles. The van der Waals surface area contributed by atoms with Gasteiger partial charge in [0.1, 0.15) is 0 Å². The average molecular weight is 112 g/mol. The normalized spacial score (nSPS) is 18.1. The van der Waals surface area contributed by atoms with Crippen LogP contribution in [0.3, 0.4) is 0 Å². The Hall–Kier alpha value is -0.530. The fourth-order valence-corrected chi connectivity index (χ4v) is 0.538. The van der Waals surface area contributed by atoms with Crippen molar-refractivity contribution in [3.63, 3.8) is 0 Å². The maximum absolute atomic E-state index is 10.3. The summed E-state index contributed by atoms with van der Waals surface area (Å²) in [6, 6.07) is 0. The molecular formula is C6H10NO. The van der Waals surface area contributed by atoms with Crippen LogP contribution in [0, 0.1) is 12.3 Å². The first-order chi connectivity index (χ1) is 3.79. The lowest BCUT2D eigenvalue weighted by Crippen LogP contribution is -2.21. The van der Waals surface area contributed by atoms with Crippen molar-refractivity contribution in [2.75, 3.05) is 6.54 Å². The Bertz CT molecular complexity index is 96.7. The second-order valence-electron chi connectivity index (χ2n) is 2.17. The van der Waals surface area contributed by atoms with E-state index in [2.05, 4.69) is 11.7 Å². The number of hydrogen-bond acceptors (Lipinski definition) is 1. The van der Waals surface area contributed by atoms with Gasteiger partial charge in [0.15, 0.2) is 0 Å². The van der Waals surface area contributed by atoms with Gasteiger partial charge >= 0.3 is 0 Å². The highest BCUT2D eigenvalue weighted by Crippen LogP contribution is 2.25. The minimum atomic E-state index is 0.0744. The van der Waals surface area contributed by atoms with Crippen LogP contribution in [0.5, 0.6) is 0 Å². The lowest BCUT2D eigenvalue weighted by Gasteiger charge is -1.95. The molecule has 45 valence electrons. The molecule has 8 heavy (non-hydrogen) atoms. The molecular weight excluding hydrogens is 102 g/mol. The lowest BCUT2D eigenvalue weighted by molar-refractivity contribution is -0.119. The smallest absolute Gasteiger partial charge is 0.216 e. The molecule has 1 aliphatic rings. The lowest BCUT2D eigenvalue weighted by atomic mass is 10.4. The molecule has 1 rings (SSSR count). The maximum atomic E-state index is 10.3. The predicted molar refractivity (Wildman–Crippen MR) is 31.1 cm³/mol. The first-order valence-electron chi connectivity index (χ1n) is 2.87. The molecule has 0 aromatic rings. The van der Waals surface area contributed by atoms with Gasteiger partial charge in [-0.3, -0.25) is 4.79 Å². The summed E-state index contributed by atoms with van der Waals surface area (Å²) in [5, 5.41) is 2.74. The van der Waals surface area contributed by atoms with E-state index in [0.29, 0.717) is 5.92 Å². The summed E-state index contributed by atoms with van der Waals surface area (Å²) in [5.41, 5.74) is 0. The van der Waals surface area contributed by atoms with Crippen LogP contribution in [0.15, 0.2) is 0 Å². The molecule has 1 atom stereocenters. The van der Waals surface area contributed by atoms with E-state index in [9.17, 15) is 4.79 Å². The zero-order valence-corrected chi connectivity index (χ0v) is 4.98. The minimum Gasteiger partial charge on any atom is -0.356 e. The molecule has 1 N–H and O–H groups in total. The summed E-state index contributed by atoms with van der Waals surface area (Å²) in [6.07, 6.45) is 3.37. The zero-order chi connectivity index (χ0) is 5.98. The van der Waals surface area contributed by atoms with Gasteiger partial charge in [-0.2, -0.15) is 0 Å². The summed E-state index contributed by atoms with van der Waals surface area (Å²) in [7, 11) is 0. The summed E-state index contributed by atoms with van der Waals surface area (Å²) in [6.45, 7) is 2.39. The van der Waals surface area contributed by atoms with E-state index >= 15 is 0 Å². The largest absolute Gasteiger partial charge is 0.356 e. The van der Waals surface area contributed by atoms with Gasteiger partial charge in [0.25, 0.3) is 0 Å². The number of carbonyl (C=O) groups is 1. The van der Waals surface area contributed by atoms with Crippen LogP contribution in [-0.4, -0.2) is 12.5 Å². The fraction of sp³-hybridized carbons (Fsp3) is 0.667. The second kappa shape index (κ2) is 2.16. The van der Waals surface area contributed by atoms with Crippen molar-refractivity contribution in [3.8, 4) is 0 Å². The van der Waals surface area contributed by atoms with E-state index in [0.717, 1.165) is 6.54 Å². The highest BCUT2D eigenvalue weighted by Gasteiger charge is 2.21.